The average Bonchev–Trinajstić information content (AvgIpc) is 2.42. The topological polar surface area (TPSA) is 52.0 Å². The quantitative estimate of drug-likeness (QED) is 0.637. The summed E-state index contributed by atoms with van der Waals surface area (Å²) in [6.45, 7) is 2.20. The van der Waals surface area contributed by atoms with Crippen molar-refractivity contribution in [1.29, 1.82) is 0 Å². The van der Waals surface area contributed by atoms with Gasteiger partial charge in [0.2, 0.25) is 5.88 Å². The largest absolute Gasteiger partial charge is 0.368 e. The third-order valence-corrected chi connectivity index (χ3v) is 2.04. The average molecular weight is 138 g/mol. The van der Waals surface area contributed by atoms with Gasteiger partial charge >= 0.3 is 0 Å². The zero-order valence-electron chi connectivity index (χ0n) is 5.87. The highest BCUT2D eigenvalue weighted by Crippen LogP contribution is 2.46. The number of nitrogens with zero attached hydrogens (tertiary/aromatic N) is 1. The Morgan fingerprint density at radius 3 is 2.90 bits per heavy atom. The molecule has 1 aromatic heterocycles. The summed E-state index contributed by atoms with van der Waals surface area (Å²) in [4.78, 5) is 0. The van der Waals surface area contributed by atoms with Gasteiger partial charge in [-0.3, -0.25) is 0 Å². The molecule has 0 bridgehead atoms. The summed E-state index contributed by atoms with van der Waals surface area (Å²) in [6.07, 6.45) is 1.23. The predicted octanol–water partition coefficient (Wildman–Crippen LogP) is 1.38. The fraction of sp³-hybridized carbons (Fsp3) is 0.571. The maximum Gasteiger partial charge on any atom is 0.222 e. The monoisotopic (exact) mass is 138 g/mol. The molecule has 2 rings (SSSR count). The van der Waals surface area contributed by atoms with Crippen molar-refractivity contribution in [3.05, 3.63) is 11.8 Å². The summed E-state index contributed by atoms with van der Waals surface area (Å²) in [5, 5.41) is 3.83. The van der Waals surface area contributed by atoms with Crippen molar-refractivity contribution in [2.45, 2.75) is 19.3 Å². The van der Waals surface area contributed by atoms with E-state index in [0.29, 0.717) is 11.8 Å². The van der Waals surface area contributed by atoms with E-state index in [-0.39, 0.29) is 0 Å². The van der Waals surface area contributed by atoms with Gasteiger partial charge in [-0.05, 0) is 12.3 Å². The molecule has 3 nitrogen and oxygen atoms in total. The van der Waals surface area contributed by atoms with Crippen LogP contribution in [0.15, 0.2) is 10.6 Å². The number of nitrogens with two attached hydrogens (primary N) is 1. The molecular formula is C7H10N2O. The first kappa shape index (κ1) is 5.77. The maximum atomic E-state index is 5.36. The first-order chi connectivity index (χ1) is 4.77. The van der Waals surface area contributed by atoms with E-state index >= 15 is 0 Å². The van der Waals surface area contributed by atoms with Crippen LogP contribution < -0.4 is 5.73 Å². The molecule has 0 saturated heterocycles. The first-order valence-corrected chi connectivity index (χ1v) is 3.49. The second-order valence-electron chi connectivity index (χ2n) is 2.97. The molecule has 0 amide bonds. The highest BCUT2D eigenvalue weighted by Gasteiger charge is 2.36. The SMILES string of the molecule is C[C@H]1C[C@@H]1c1cc(N)on1. The lowest BCUT2D eigenvalue weighted by Crippen LogP contribution is -1.79. The zero-order chi connectivity index (χ0) is 7.14. The van der Waals surface area contributed by atoms with Crippen molar-refractivity contribution in [1.82, 2.24) is 5.16 Å². The van der Waals surface area contributed by atoms with E-state index in [4.69, 9.17) is 10.3 Å². The van der Waals surface area contributed by atoms with Crippen LogP contribution in [0.1, 0.15) is 25.0 Å². The van der Waals surface area contributed by atoms with E-state index in [1.54, 1.807) is 0 Å². The summed E-state index contributed by atoms with van der Waals surface area (Å²) in [5.74, 6) is 1.81. The fourth-order valence-electron chi connectivity index (χ4n) is 1.21. The van der Waals surface area contributed by atoms with Crippen LogP contribution in [0.5, 0.6) is 0 Å². The summed E-state index contributed by atoms with van der Waals surface area (Å²) in [6, 6.07) is 1.81. The fourth-order valence-corrected chi connectivity index (χ4v) is 1.21. The summed E-state index contributed by atoms with van der Waals surface area (Å²) >= 11 is 0. The van der Waals surface area contributed by atoms with Crippen molar-refractivity contribution in [2.75, 3.05) is 5.73 Å². The van der Waals surface area contributed by atoms with E-state index in [0.717, 1.165) is 11.6 Å². The maximum absolute atomic E-state index is 5.36. The van der Waals surface area contributed by atoms with E-state index < -0.39 is 0 Å². The molecule has 0 aromatic carbocycles. The van der Waals surface area contributed by atoms with Gasteiger partial charge in [-0.1, -0.05) is 12.1 Å². The Balaban J connectivity index is 2.20. The van der Waals surface area contributed by atoms with Crippen LogP contribution in [0.4, 0.5) is 5.88 Å². The van der Waals surface area contributed by atoms with Crippen molar-refractivity contribution < 1.29 is 4.52 Å². The highest BCUT2D eigenvalue weighted by atomic mass is 16.5. The number of aromatic nitrogens is 1. The number of hydrogen-bond acceptors (Lipinski definition) is 3. The minimum Gasteiger partial charge on any atom is -0.368 e. The van der Waals surface area contributed by atoms with Gasteiger partial charge in [-0.2, -0.15) is 0 Å². The van der Waals surface area contributed by atoms with E-state index in [9.17, 15) is 0 Å². The minimum absolute atomic E-state index is 0.425. The van der Waals surface area contributed by atoms with Crippen LogP contribution in [0.3, 0.4) is 0 Å². The van der Waals surface area contributed by atoms with E-state index in [1.807, 2.05) is 6.07 Å². The Bertz CT molecular complexity index is 244. The normalized spacial score (nSPS) is 30.5. The number of hydrogen-bond donors (Lipinski definition) is 1. The number of anilines is 1. The van der Waals surface area contributed by atoms with Gasteiger partial charge in [0.25, 0.3) is 0 Å². The molecule has 10 heavy (non-hydrogen) atoms. The molecule has 0 aliphatic heterocycles. The van der Waals surface area contributed by atoms with Gasteiger partial charge in [0, 0.05) is 12.0 Å². The van der Waals surface area contributed by atoms with Crippen LogP contribution in [-0.2, 0) is 0 Å². The van der Waals surface area contributed by atoms with Gasteiger partial charge in [0.05, 0.1) is 5.69 Å². The predicted molar refractivity (Wildman–Crippen MR) is 37.4 cm³/mol. The van der Waals surface area contributed by atoms with Gasteiger partial charge < -0.3 is 10.3 Å². The third-order valence-electron chi connectivity index (χ3n) is 2.04. The lowest BCUT2D eigenvalue weighted by Gasteiger charge is -1.82. The molecule has 1 aliphatic rings. The molecule has 0 radical (unpaired) electrons. The van der Waals surface area contributed by atoms with Crippen LogP contribution in [-0.4, -0.2) is 5.16 Å². The molecule has 54 valence electrons. The van der Waals surface area contributed by atoms with Gasteiger partial charge in [-0.15, -0.1) is 0 Å². The lowest BCUT2D eigenvalue weighted by molar-refractivity contribution is 0.427. The Kier molecular flexibility index (Phi) is 1.01. The zero-order valence-corrected chi connectivity index (χ0v) is 5.87. The molecule has 3 heteroatoms. The molecule has 1 aromatic rings. The van der Waals surface area contributed by atoms with Crippen LogP contribution in [0.2, 0.25) is 0 Å². The Labute approximate surface area is 59.2 Å². The van der Waals surface area contributed by atoms with Gasteiger partial charge in [0.1, 0.15) is 0 Å². The summed E-state index contributed by atoms with van der Waals surface area (Å²) < 4.78 is 4.74. The molecule has 2 atom stereocenters. The Morgan fingerprint density at radius 2 is 2.50 bits per heavy atom. The van der Waals surface area contributed by atoms with E-state index in [2.05, 4.69) is 12.1 Å². The van der Waals surface area contributed by atoms with Crippen molar-refractivity contribution >= 4 is 5.88 Å². The molecule has 1 saturated carbocycles. The van der Waals surface area contributed by atoms with Crippen LogP contribution >= 0.6 is 0 Å². The minimum atomic E-state index is 0.425. The van der Waals surface area contributed by atoms with Crippen molar-refractivity contribution in [3.63, 3.8) is 0 Å². The molecule has 0 unspecified atom stereocenters. The van der Waals surface area contributed by atoms with Crippen LogP contribution in [0.25, 0.3) is 0 Å². The second kappa shape index (κ2) is 1.75. The Hall–Kier alpha value is -0.990. The van der Waals surface area contributed by atoms with Crippen LogP contribution in [0, 0.1) is 5.92 Å². The highest BCUT2D eigenvalue weighted by molar-refractivity contribution is 5.29. The summed E-state index contributed by atoms with van der Waals surface area (Å²) in [5.41, 5.74) is 6.38. The molecule has 1 fully saturated rings. The molecule has 0 spiro atoms. The van der Waals surface area contributed by atoms with Crippen molar-refractivity contribution in [2.24, 2.45) is 5.92 Å². The van der Waals surface area contributed by atoms with E-state index in [1.165, 1.54) is 6.42 Å². The van der Waals surface area contributed by atoms with Gasteiger partial charge in [0.15, 0.2) is 0 Å². The molecular weight excluding hydrogens is 128 g/mol. The van der Waals surface area contributed by atoms with Crippen molar-refractivity contribution in [3.8, 4) is 0 Å². The Morgan fingerprint density at radius 1 is 1.80 bits per heavy atom. The lowest BCUT2D eigenvalue weighted by atomic mass is 10.2. The molecule has 2 N–H and O–H groups in total. The number of nitrogen functional groups attached to an aromatic ring is 1. The second-order valence-corrected chi connectivity index (χ2v) is 2.97. The standard InChI is InChI=1S/C7H10N2O/c1-4-2-5(4)6-3-7(8)10-9-6/h3-5H,2,8H2,1H3/t4-,5-/m0/s1. The first-order valence-electron chi connectivity index (χ1n) is 3.49. The number of rotatable bonds is 1. The van der Waals surface area contributed by atoms with Gasteiger partial charge in [-0.25, -0.2) is 0 Å². The smallest absolute Gasteiger partial charge is 0.222 e. The molecule has 1 aliphatic carbocycles. The molecule has 1 heterocycles. The summed E-state index contributed by atoms with van der Waals surface area (Å²) in [7, 11) is 0. The third kappa shape index (κ3) is 0.781.